The van der Waals surface area contributed by atoms with Crippen LogP contribution in [0.25, 0.3) is 0 Å². The van der Waals surface area contributed by atoms with Gasteiger partial charge in [-0.15, -0.1) is 0 Å². The monoisotopic (exact) mass is 516 g/mol. The Hall–Kier alpha value is -4.49. The summed E-state index contributed by atoms with van der Waals surface area (Å²) in [5.74, 6) is -2.95. The number of hydrogen-bond donors (Lipinski definition) is 0. The van der Waals surface area contributed by atoms with Crippen molar-refractivity contribution in [1.82, 2.24) is 4.90 Å². The normalized spacial score (nSPS) is 16.5. The van der Waals surface area contributed by atoms with E-state index in [4.69, 9.17) is 17.5 Å². The highest BCUT2D eigenvalue weighted by Gasteiger charge is 2.50. The number of carbonyl (C=O) groups excluding carboxylic acids is 3. The van der Waals surface area contributed by atoms with Gasteiger partial charge in [0.25, 0.3) is 17.7 Å². The summed E-state index contributed by atoms with van der Waals surface area (Å²) in [6, 6.07) is 16.0. The Labute approximate surface area is 216 Å². The molecular formula is C27H18F2N4O3S. The molecule has 2 heterocycles. The van der Waals surface area contributed by atoms with Gasteiger partial charge in [-0.2, -0.15) is 5.26 Å². The number of halogens is 2. The number of fused-ring (bicyclic) bond motifs is 1. The lowest BCUT2D eigenvalue weighted by Gasteiger charge is -2.29. The number of rotatable bonds is 4. The maximum atomic E-state index is 15.3. The van der Waals surface area contributed by atoms with Gasteiger partial charge >= 0.3 is 0 Å². The number of nitrogens with zero attached hydrogens (tertiary/aromatic N) is 4. The van der Waals surface area contributed by atoms with Crippen LogP contribution in [0.1, 0.15) is 45.7 Å². The quantitative estimate of drug-likeness (QED) is 0.374. The van der Waals surface area contributed by atoms with Crippen molar-refractivity contribution in [3.63, 3.8) is 0 Å². The van der Waals surface area contributed by atoms with Crippen molar-refractivity contribution < 1.29 is 23.2 Å². The zero-order chi connectivity index (χ0) is 26.6. The highest BCUT2D eigenvalue weighted by atomic mass is 32.1. The second-order valence-electron chi connectivity index (χ2n) is 9.11. The van der Waals surface area contributed by atoms with Gasteiger partial charge in [0.2, 0.25) is 0 Å². The molecule has 0 spiro atoms. The van der Waals surface area contributed by atoms with Gasteiger partial charge in [0, 0.05) is 11.3 Å². The number of anilines is 2. The standard InChI is InChI=1S/C27H18F2N4O3S/c1-27(2)25(36)32(17-9-7-15(13-30)21(28)11-17)26(37)33(27)18-10-8-16(22(29)12-18)14-31-23(34)19-5-3-4-6-20(19)24(31)35/h3-12H,14H2,1-2H3. The molecule has 3 amide bonds. The Balaban J connectivity index is 1.44. The minimum absolute atomic E-state index is 0.00612. The molecule has 3 aromatic rings. The SMILES string of the molecule is CC1(C)C(=O)N(c2ccc(C#N)c(F)c2)C(=S)N1c1ccc(CN2C(=O)c3ccccc3C2=O)c(F)c1. The zero-order valence-corrected chi connectivity index (χ0v) is 20.5. The third-order valence-electron chi connectivity index (χ3n) is 6.50. The topological polar surface area (TPSA) is 84.7 Å². The number of nitriles is 1. The summed E-state index contributed by atoms with van der Waals surface area (Å²) in [6.07, 6.45) is 0. The fourth-order valence-electron chi connectivity index (χ4n) is 4.55. The van der Waals surface area contributed by atoms with Gasteiger partial charge in [0.05, 0.1) is 28.9 Å². The second-order valence-corrected chi connectivity index (χ2v) is 9.48. The summed E-state index contributed by atoms with van der Waals surface area (Å²) >= 11 is 5.54. The third kappa shape index (κ3) is 3.67. The predicted octanol–water partition coefficient (Wildman–Crippen LogP) is 4.55. The van der Waals surface area contributed by atoms with E-state index in [2.05, 4.69) is 0 Å². The van der Waals surface area contributed by atoms with Crippen LogP contribution in [-0.4, -0.2) is 33.3 Å². The molecule has 0 aliphatic carbocycles. The average molecular weight is 517 g/mol. The highest BCUT2D eigenvalue weighted by Crippen LogP contribution is 2.37. The maximum Gasteiger partial charge on any atom is 0.261 e. The van der Waals surface area contributed by atoms with Crippen LogP contribution in [0.5, 0.6) is 0 Å². The van der Waals surface area contributed by atoms with E-state index < -0.39 is 34.9 Å². The molecule has 5 rings (SSSR count). The molecule has 2 aliphatic rings. The molecule has 37 heavy (non-hydrogen) atoms. The van der Waals surface area contributed by atoms with E-state index in [0.717, 1.165) is 15.9 Å². The molecular weight excluding hydrogens is 498 g/mol. The van der Waals surface area contributed by atoms with E-state index in [1.807, 2.05) is 0 Å². The molecule has 7 nitrogen and oxygen atoms in total. The van der Waals surface area contributed by atoms with E-state index in [-0.39, 0.29) is 45.3 Å². The molecule has 0 saturated carbocycles. The van der Waals surface area contributed by atoms with Gasteiger partial charge in [-0.25, -0.2) is 8.78 Å². The van der Waals surface area contributed by atoms with Crippen LogP contribution in [0, 0.1) is 23.0 Å². The van der Waals surface area contributed by atoms with Crippen LogP contribution >= 0.6 is 12.2 Å². The van der Waals surface area contributed by atoms with Crippen LogP contribution in [0.3, 0.4) is 0 Å². The molecule has 0 radical (unpaired) electrons. The van der Waals surface area contributed by atoms with E-state index in [0.29, 0.717) is 0 Å². The van der Waals surface area contributed by atoms with E-state index in [9.17, 15) is 18.8 Å². The lowest BCUT2D eigenvalue weighted by Crippen LogP contribution is -2.44. The Morgan fingerprint density at radius 3 is 2.05 bits per heavy atom. The Morgan fingerprint density at radius 2 is 1.49 bits per heavy atom. The summed E-state index contributed by atoms with van der Waals surface area (Å²) in [5, 5.41) is 8.99. The Kier molecular flexibility index (Phi) is 5.61. The van der Waals surface area contributed by atoms with E-state index in [1.54, 1.807) is 50.2 Å². The summed E-state index contributed by atoms with van der Waals surface area (Å²) in [7, 11) is 0. The van der Waals surface area contributed by atoms with Gasteiger partial charge in [-0.1, -0.05) is 18.2 Å². The highest BCUT2D eigenvalue weighted by molar-refractivity contribution is 7.81. The van der Waals surface area contributed by atoms with Crippen LogP contribution in [0.4, 0.5) is 20.2 Å². The number of carbonyl (C=O) groups is 3. The van der Waals surface area contributed by atoms with Crippen LogP contribution < -0.4 is 9.80 Å². The number of hydrogen-bond acceptors (Lipinski definition) is 5. The van der Waals surface area contributed by atoms with E-state index >= 15 is 4.39 Å². The average Bonchev–Trinajstić information content (AvgIpc) is 3.21. The number of benzene rings is 3. The third-order valence-corrected chi connectivity index (χ3v) is 6.87. The lowest BCUT2D eigenvalue weighted by molar-refractivity contribution is -0.120. The number of imide groups is 1. The van der Waals surface area contributed by atoms with Crippen LogP contribution in [-0.2, 0) is 11.3 Å². The Morgan fingerprint density at radius 1 is 0.892 bits per heavy atom. The van der Waals surface area contributed by atoms with Crippen molar-refractivity contribution in [2.24, 2.45) is 0 Å². The first kappa shape index (κ1) is 24.2. The molecule has 184 valence electrons. The first-order valence-corrected chi connectivity index (χ1v) is 11.6. The molecule has 1 saturated heterocycles. The molecule has 0 atom stereocenters. The maximum absolute atomic E-state index is 15.3. The molecule has 0 N–H and O–H groups in total. The van der Waals surface area contributed by atoms with Crippen LogP contribution in [0.2, 0.25) is 0 Å². The largest absolute Gasteiger partial charge is 0.303 e. The minimum Gasteiger partial charge on any atom is -0.303 e. The van der Waals surface area contributed by atoms with Crippen LogP contribution in [0.15, 0.2) is 60.7 Å². The fourth-order valence-corrected chi connectivity index (χ4v) is 5.07. The van der Waals surface area contributed by atoms with Crippen molar-refractivity contribution >= 4 is 46.4 Å². The number of amides is 3. The van der Waals surface area contributed by atoms with Crippen molar-refractivity contribution in [2.75, 3.05) is 9.80 Å². The zero-order valence-electron chi connectivity index (χ0n) is 19.7. The summed E-state index contributed by atoms with van der Waals surface area (Å²) in [5.41, 5.74) is -0.351. The van der Waals surface area contributed by atoms with Gasteiger partial charge in [-0.05, 0) is 68.5 Å². The van der Waals surface area contributed by atoms with Gasteiger partial charge in [-0.3, -0.25) is 24.2 Å². The molecule has 3 aromatic carbocycles. The van der Waals surface area contributed by atoms with Crippen molar-refractivity contribution in [3.05, 3.63) is 94.6 Å². The lowest BCUT2D eigenvalue weighted by atomic mass is 10.0. The van der Waals surface area contributed by atoms with Crippen molar-refractivity contribution in [1.29, 1.82) is 5.26 Å². The fraction of sp³-hybridized carbons (Fsp3) is 0.148. The molecule has 0 unspecified atom stereocenters. The minimum atomic E-state index is -1.24. The number of thiocarbonyl (C=S) groups is 1. The van der Waals surface area contributed by atoms with E-state index in [1.165, 1.54) is 29.2 Å². The first-order chi connectivity index (χ1) is 17.6. The van der Waals surface area contributed by atoms with Crippen molar-refractivity contribution in [3.8, 4) is 6.07 Å². The molecule has 1 fully saturated rings. The molecule has 10 heteroatoms. The summed E-state index contributed by atoms with van der Waals surface area (Å²) in [4.78, 5) is 42.2. The summed E-state index contributed by atoms with van der Waals surface area (Å²) < 4.78 is 29.5. The van der Waals surface area contributed by atoms with Gasteiger partial charge < -0.3 is 4.90 Å². The predicted molar refractivity (Wildman–Crippen MR) is 135 cm³/mol. The Bertz CT molecular complexity index is 1550. The molecule has 0 aromatic heterocycles. The second kappa shape index (κ2) is 8.57. The van der Waals surface area contributed by atoms with Gasteiger partial charge in [0.15, 0.2) is 5.11 Å². The molecule has 0 bridgehead atoms. The van der Waals surface area contributed by atoms with Crippen molar-refractivity contribution in [2.45, 2.75) is 25.9 Å². The summed E-state index contributed by atoms with van der Waals surface area (Å²) in [6.45, 7) is 2.94. The first-order valence-electron chi connectivity index (χ1n) is 11.2. The smallest absolute Gasteiger partial charge is 0.261 e. The molecule has 2 aliphatic heterocycles. The van der Waals surface area contributed by atoms with Gasteiger partial charge in [0.1, 0.15) is 23.2 Å².